The summed E-state index contributed by atoms with van der Waals surface area (Å²) in [6, 6.07) is 9.91. The average Bonchev–Trinajstić information content (AvgIpc) is 3.40. The van der Waals surface area contributed by atoms with Crippen molar-refractivity contribution < 1.29 is 4.79 Å². The zero-order valence-electron chi connectivity index (χ0n) is 18.3. The van der Waals surface area contributed by atoms with Crippen LogP contribution in [0.15, 0.2) is 36.5 Å². The van der Waals surface area contributed by atoms with Crippen LogP contribution in [-0.4, -0.2) is 51.4 Å². The molecule has 3 heterocycles. The second-order valence-corrected chi connectivity index (χ2v) is 9.47. The predicted octanol–water partition coefficient (Wildman–Crippen LogP) is 5.17. The average molecular weight is 471 g/mol. The van der Waals surface area contributed by atoms with Crippen molar-refractivity contribution >= 4 is 39.9 Å². The minimum absolute atomic E-state index is 0.250. The Bertz CT molecular complexity index is 1090. The number of rotatable bonds is 9. The highest BCUT2D eigenvalue weighted by atomic mass is 35.5. The van der Waals surface area contributed by atoms with Crippen LogP contribution in [0.3, 0.4) is 0 Å². The zero-order valence-corrected chi connectivity index (χ0v) is 19.8. The Balaban J connectivity index is 1.55. The van der Waals surface area contributed by atoms with Crippen molar-refractivity contribution in [2.75, 3.05) is 30.3 Å². The van der Waals surface area contributed by atoms with Gasteiger partial charge < -0.3 is 15.5 Å². The fourth-order valence-corrected chi connectivity index (χ4v) is 4.73. The molecule has 1 amide bonds. The Hall–Kier alpha value is -2.71. The first kappa shape index (κ1) is 22.5. The fraction of sp³-hybridized carbons (Fsp3) is 0.391. The van der Waals surface area contributed by atoms with Crippen LogP contribution in [0.2, 0.25) is 5.02 Å². The summed E-state index contributed by atoms with van der Waals surface area (Å²) < 4.78 is 0. The molecule has 0 saturated carbocycles. The quantitative estimate of drug-likeness (QED) is 0.420. The molecule has 0 atom stereocenters. The van der Waals surface area contributed by atoms with Gasteiger partial charge in [-0.15, -0.1) is 0 Å². The highest BCUT2D eigenvalue weighted by Crippen LogP contribution is 2.33. The molecule has 0 spiro atoms. The standard InChI is InChI=1S/C23H27ClN6OS/c1-15(2)27-23-26-14-20(32-23)19-13-18(16-7-3-4-8-17(16)24)28-22(29-19)25-10-6-12-30-11-5-9-21(30)31/h3-4,7-8,13-15H,5-6,9-12H2,1-2H3,(H,26,27)(H,25,28,29). The highest BCUT2D eigenvalue weighted by Gasteiger charge is 2.19. The molecule has 0 aliphatic carbocycles. The molecule has 1 aliphatic rings. The van der Waals surface area contributed by atoms with Crippen molar-refractivity contribution in [3.05, 3.63) is 41.6 Å². The van der Waals surface area contributed by atoms with E-state index >= 15 is 0 Å². The van der Waals surface area contributed by atoms with Crippen molar-refractivity contribution in [3.63, 3.8) is 0 Å². The maximum atomic E-state index is 11.8. The molecule has 4 rings (SSSR count). The Morgan fingerprint density at radius 3 is 2.78 bits per heavy atom. The normalized spacial score (nSPS) is 13.8. The maximum Gasteiger partial charge on any atom is 0.223 e. The van der Waals surface area contributed by atoms with Crippen LogP contribution in [0.1, 0.15) is 33.1 Å². The number of amides is 1. The molecule has 1 fully saturated rings. The molecular weight excluding hydrogens is 444 g/mol. The smallest absolute Gasteiger partial charge is 0.223 e. The lowest BCUT2D eigenvalue weighted by atomic mass is 10.1. The van der Waals surface area contributed by atoms with Gasteiger partial charge in [0.2, 0.25) is 11.9 Å². The number of hydrogen-bond donors (Lipinski definition) is 2. The summed E-state index contributed by atoms with van der Waals surface area (Å²) in [5.74, 6) is 0.789. The number of nitrogens with zero attached hydrogens (tertiary/aromatic N) is 4. The first-order chi connectivity index (χ1) is 15.5. The third-order valence-electron chi connectivity index (χ3n) is 5.11. The van der Waals surface area contributed by atoms with Crippen LogP contribution in [0.5, 0.6) is 0 Å². The number of likely N-dealkylation sites (tertiary alicyclic amines) is 1. The number of anilines is 2. The maximum absolute atomic E-state index is 11.8. The summed E-state index contributed by atoms with van der Waals surface area (Å²) in [5, 5.41) is 8.16. The number of carbonyl (C=O) groups is 1. The van der Waals surface area contributed by atoms with E-state index in [1.165, 1.54) is 0 Å². The highest BCUT2D eigenvalue weighted by molar-refractivity contribution is 7.18. The van der Waals surface area contributed by atoms with Gasteiger partial charge in [0.25, 0.3) is 0 Å². The van der Waals surface area contributed by atoms with Crippen molar-refractivity contribution in [2.24, 2.45) is 0 Å². The summed E-state index contributed by atoms with van der Waals surface area (Å²) in [6.45, 7) is 6.46. The summed E-state index contributed by atoms with van der Waals surface area (Å²) in [4.78, 5) is 28.6. The topological polar surface area (TPSA) is 83.0 Å². The second-order valence-electron chi connectivity index (χ2n) is 8.04. The summed E-state index contributed by atoms with van der Waals surface area (Å²) in [7, 11) is 0. The molecule has 0 radical (unpaired) electrons. The van der Waals surface area contributed by atoms with E-state index in [2.05, 4.69) is 29.5 Å². The molecular formula is C23H27ClN6OS. The minimum Gasteiger partial charge on any atom is -0.359 e. The second kappa shape index (κ2) is 10.3. The summed E-state index contributed by atoms with van der Waals surface area (Å²) in [6.07, 6.45) is 4.30. The van der Waals surface area contributed by atoms with Gasteiger partial charge in [-0.1, -0.05) is 41.1 Å². The van der Waals surface area contributed by atoms with E-state index in [1.54, 1.807) is 11.3 Å². The van der Waals surface area contributed by atoms with Gasteiger partial charge in [-0.25, -0.2) is 15.0 Å². The molecule has 9 heteroatoms. The number of hydrogen-bond acceptors (Lipinski definition) is 7. The predicted molar refractivity (Wildman–Crippen MR) is 131 cm³/mol. The molecule has 3 aromatic rings. The van der Waals surface area contributed by atoms with E-state index in [0.717, 1.165) is 52.9 Å². The van der Waals surface area contributed by atoms with E-state index in [-0.39, 0.29) is 5.91 Å². The first-order valence-corrected chi connectivity index (χ1v) is 12.1. The van der Waals surface area contributed by atoms with Gasteiger partial charge in [0, 0.05) is 48.9 Å². The van der Waals surface area contributed by atoms with Gasteiger partial charge in [-0.05, 0) is 38.8 Å². The van der Waals surface area contributed by atoms with Gasteiger partial charge in [0.15, 0.2) is 5.13 Å². The van der Waals surface area contributed by atoms with Crippen molar-refractivity contribution in [1.82, 2.24) is 19.9 Å². The molecule has 168 valence electrons. The number of nitrogens with one attached hydrogen (secondary N) is 2. The molecule has 7 nitrogen and oxygen atoms in total. The van der Waals surface area contributed by atoms with Crippen LogP contribution in [-0.2, 0) is 4.79 Å². The van der Waals surface area contributed by atoms with Gasteiger partial charge >= 0.3 is 0 Å². The van der Waals surface area contributed by atoms with Gasteiger partial charge in [-0.3, -0.25) is 4.79 Å². The van der Waals surface area contributed by atoms with Crippen molar-refractivity contribution in [3.8, 4) is 21.8 Å². The number of benzene rings is 1. The number of halogens is 1. The Labute approximate surface area is 197 Å². The van der Waals surface area contributed by atoms with E-state index < -0.39 is 0 Å². The molecule has 0 bridgehead atoms. The van der Waals surface area contributed by atoms with Crippen LogP contribution in [0.25, 0.3) is 21.8 Å². The lowest BCUT2D eigenvalue weighted by Crippen LogP contribution is -2.27. The Morgan fingerprint density at radius 2 is 2.03 bits per heavy atom. The van der Waals surface area contributed by atoms with E-state index in [4.69, 9.17) is 21.6 Å². The lowest BCUT2D eigenvalue weighted by molar-refractivity contribution is -0.127. The van der Waals surface area contributed by atoms with Crippen LogP contribution >= 0.6 is 22.9 Å². The third-order valence-corrected chi connectivity index (χ3v) is 6.39. The molecule has 2 N–H and O–H groups in total. The van der Waals surface area contributed by atoms with Crippen molar-refractivity contribution in [2.45, 2.75) is 39.2 Å². The lowest BCUT2D eigenvalue weighted by Gasteiger charge is -2.15. The molecule has 32 heavy (non-hydrogen) atoms. The number of aromatic nitrogens is 3. The summed E-state index contributed by atoms with van der Waals surface area (Å²) in [5.41, 5.74) is 2.40. The SMILES string of the molecule is CC(C)Nc1ncc(-c2cc(-c3ccccc3Cl)nc(NCCCN3CCCC3=O)n2)s1. The molecule has 2 aromatic heterocycles. The monoisotopic (exact) mass is 470 g/mol. The van der Waals surface area contributed by atoms with Crippen LogP contribution in [0, 0.1) is 0 Å². The van der Waals surface area contributed by atoms with E-state index in [9.17, 15) is 4.79 Å². The van der Waals surface area contributed by atoms with Crippen LogP contribution < -0.4 is 10.6 Å². The zero-order chi connectivity index (χ0) is 22.5. The minimum atomic E-state index is 0.250. The molecule has 0 unspecified atom stereocenters. The largest absolute Gasteiger partial charge is 0.359 e. The Kier molecular flexibility index (Phi) is 7.22. The van der Waals surface area contributed by atoms with Gasteiger partial charge in [0.05, 0.1) is 16.3 Å². The van der Waals surface area contributed by atoms with E-state index in [0.29, 0.717) is 30.0 Å². The van der Waals surface area contributed by atoms with Crippen molar-refractivity contribution in [1.29, 1.82) is 0 Å². The number of thiazole rings is 1. The molecule has 1 saturated heterocycles. The van der Waals surface area contributed by atoms with Gasteiger partial charge in [0.1, 0.15) is 0 Å². The first-order valence-electron chi connectivity index (χ1n) is 10.9. The van der Waals surface area contributed by atoms with Crippen LogP contribution in [0.4, 0.5) is 11.1 Å². The van der Waals surface area contributed by atoms with Gasteiger partial charge in [-0.2, -0.15) is 0 Å². The number of carbonyl (C=O) groups excluding carboxylic acids is 1. The Morgan fingerprint density at radius 1 is 1.22 bits per heavy atom. The third kappa shape index (κ3) is 5.55. The summed E-state index contributed by atoms with van der Waals surface area (Å²) >= 11 is 8.01. The fourth-order valence-electron chi connectivity index (χ4n) is 3.58. The molecule has 1 aliphatic heterocycles. The van der Waals surface area contributed by atoms with E-state index in [1.807, 2.05) is 41.4 Å². The molecule has 1 aromatic carbocycles.